The summed E-state index contributed by atoms with van der Waals surface area (Å²) < 4.78 is 11.4. The van der Waals surface area contributed by atoms with Gasteiger partial charge in [0, 0.05) is 32.7 Å². The topological polar surface area (TPSA) is 58.1 Å². The Morgan fingerprint density at radius 1 is 1.20 bits per heavy atom. The molecule has 0 bridgehead atoms. The van der Waals surface area contributed by atoms with Crippen molar-refractivity contribution in [3.05, 3.63) is 30.3 Å². The third kappa shape index (κ3) is 7.75. The zero-order valence-corrected chi connectivity index (χ0v) is 15.5. The molecule has 2 N–H and O–H groups in total. The van der Waals surface area contributed by atoms with Crippen molar-refractivity contribution >= 4 is 5.96 Å². The molecule has 6 heteroatoms. The molecule has 0 radical (unpaired) electrons. The van der Waals surface area contributed by atoms with E-state index in [1.165, 1.54) is 0 Å². The SMILES string of the molecule is CCNC(=NCC(CC)Oc1ccccc1)NCCN1CCOCC1. The van der Waals surface area contributed by atoms with Crippen molar-refractivity contribution in [2.45, 2.75) is 26.4 Å². The summed E-state index contributed by atoms with van der Waals surface area (Å²) >= 11 is 0. The number of hydrogen-bond acceptors (Lipinski definition) is 4. The van der Waals surface area contributed by atoms with Crippen LogP contribution in [-0.2, 0) is 4.74 Å². The second kappa shape index (κ2) is 11.7. The first-order valence-electron chi connectivity index (χ1n) is 9.35. The molecule has 6 nitrogen and oxygen atoms in total. The predicted molar refractivity (Wildman–Crippen MR) is 102 cm³/mol. The fourth-order valence-corrected chi connectivity index (χ4v) is 2.63. The molecule has 1 fully saturated rings. The van der Waals surface area contributed by atoms with Crippen LogP contribution in [0.25, 0.3) is 0 Å². The van der Waals surface area contributed by atoms with Crippen LogP contribution in [0.4, 0.5) is 0 Å². The highest BCUT2D eigenvalue weighted by Gasteiger charge is 2.11. The number of benzene rings is 1. The van der Waals surface area contributed by atoms with Gasteiger partial charge in [-0.05, 0) is 25.5 Å². The molecule has 1 atom stereocenters. The van der Waals surface area contributed by atoms with Gasteiger partial charge in [0.25, 0.3) is 0 Å². The highest BCUT2D eigenvalue weighted by molar-refractivity contribution is 5.79. The quantitative estimate of drug-likeness (QED) is 0.526. The summed E-state index contributed by atoms with van der Waals surface area (Å²) in [6.07, 6.45) is 1.00. The van der Waals surface area contributed by atoms with Crippen molar-refractivity contribution in [3.8, 4) is 5.75 Å². The summed E-state index contributed by atoms with van der Waals surface area (Å²) in [5, 5.41) is 6.72. The number of nitrogens with zero attached hydrogens (tertiary/aromatic N) is 2. The highest BCUT2D eigenvalue weighted by Crippen LogP contribution is 2.12. The molecule has 0 amide bonds. The predicted octanol–water partition coefficient (Wildman–Crippen LogP) is 1.73. The van der Waals surface area contributed by atoms with Gasteiger partial charge in [-0.1, -0.05) is 25.1 Å². The van der Waals surface area contributed by atoms with E-state index in [0.29, 0.717) is 6.54 Å². The van der Waals surface area contributed by atoms with Crippen LogP contribution in [0, 0.1) is 0 Å². The fourth-order valence-electron chi connectivity index (χ4n) is 2.63. The third-order valence-corrected chi connectivity index (χ3v) is 4.12. The normalized spacial score (nSPS) is 17.1. The lowest BCUT2D eigenvalue weighted by Gasteiger charge is -2.26. The largest absolute Gasteiger partial charge is 0.489 e. The maximum atomic E-state index is 6.01. The van der Waals surface area contributed by atoms with E-state index in [-0.39, 0.29) is 6.10 Å². The van der Waals surface area contributed by atoms with Crippen molar-refractivity contribution < 1.29 is 9.47 Å². The van der Waals surface area contributed by atoms with Crippen molar-refractivity contribution in [3.63, 3.8) is 0 Å². The Balaban J connectivity index is 1.77. The first-order chi connectivity index (χ1) is 12.3. The number of hydrogen-bond donors (Lipinski definition) is 2. The summed E-state index contributed by atoms with van der Waals surface area (Å²) in [7, 11) is 0. The van der Waals surface area contributed by atoms with E-state index in [1.807, 2.05) is 30.3 Å². The van der Waals surface area contributed by atoms with Crippen LogP contribution in [0.1, 0.15) is 20.3 Å². The lowest BCUT2D eigenvalue weighted by molar-refractivity contribution is 0.0389. The van der Waals surface area contributed by atoms with Crippen LogP contribution in [0.2, 0.25) is 0 Å². The molecule has 0 aliphatic carbocycles. The number of rotatable bonds is 9. The Bertz CT molecular complexity index is 489. The van der Waals surface area contributed by atoms with Gasteiger partial charge >= 0.3 is 0 Å². The van der Waals surface area contributed by atoms with Crippen LogP contribution >= 0.6 is 0 Å². The second-order valence-electron chi connectivity index (χ2n) is 6.06. The number of nitrogens with one attached hydrogen (secondary N) is 2. The number of ether oxygens (including phenoxy) is 2. The average molecular weight is 348 g/mol. The van der Waals surface area contributed by atoms with E-state index in [1.54, 1.807) is 0 Å². The Kier molecular flexibility index (Phi) is 9.15. The monoisotopic (exact) mass is 348 g/mol. The molecular formula is C19H32N4O2. The Hall–Kier alpha value is -1.79. The molecule has 1 aliphatic heterocycles. The number of aliphatic imine (C=N–C) groups is 1. The van der Waals surface area contributed by atoms with E-state index < -0.39 is 0 Å². The van der Waals surface area contributed by atoms with Gasteiger partial charge in [0.15, 0.2) is 5.96 Å². The van der Waals surface area contributed by atoms with E-state index in [9.17, 15) is 0 Å². The van der Waals surface area contributed by atoms with E-state index >= 15 is 0 Å². The molecule has 1 aromatic carbocycles. The van der Waals surface area contributed by atoms with Gasteiger partial charge in [-0.25, -0.2) is 4.99 Å². The minimum atomic E-state index is 0.0806. The smallest absolute Gasteiger partial charge is 0.191 e. The lowest BCUT2D eigenvalue weighted by Crippen LogP contribution is -2.44. The van der Waals surface area contributed by atoms with Crippen molar-refractivity contribution in [1.82, 2.24) is 15.5 Å². The van der Waals surface area contributed by atoms with Crippen molar-refractivity contribution in [1.29, 1.82) is 0 Å². The molecule has 1 aliphatic rings. The molecule has 1 heterocycles. The minimum absolute atomic E-state index is 0.0806. The van der Waals surface area contributed by atoms with Gasteiger partial charge in [-0.2, -0.15) is 0 Å². The van der Waals surface area contributed by atoms with Crippen LogP contribution in [0.5, 0.6) is 5.75 Å². The van der Waals surface area contributed by atoms with Gasteiger partial charge in [0.2, 0.25) is 0 Å². The second-order valence-corrected chi connectivity index (χ2v) is 6.06. The third-order valence-electron chi connectivity index (χ3n) is 4.12. The molecular weight excluding hydrogens is 316 g/mol. The molecule has 0 spiro atoms. The van der Waals surface area contributed by atoms with Crippen molar-refractivity contribution in [2.75, 3.05) is 52.5 Å². The minimum Gasteiger partial charge on any atom is -0.489 e. The molecule has 0 saturated carbocycles. The van der Waals surface area contributed by atoms with Gasteiger partial charge in [0.1, 0.15) is 11.9 Å². The van der Waals surface area contributed by atoms with E-state index in [0.717, 1.165) is 64.1 Å². The van der Waals surface area contributed by atoms with Crippen molar-refractivity contribution in [2.24, 2.45) is 4.99 Å². The number of guanidine groups is 1. The van der Waals surface area contributed by atoms with Crippen LogP contribution in [0.15, 0.2) is 35.3 Å². The lowest BCUT2D eigenvalue weighted by atomic mass is 10.2. The van der Waals surface area contributed by atoms with Crippen LogP contribution < -0.4 is 15.4 Å². The first kappa shape index (κ1) is 19.5. The molecule has 0 aromatic heterocycles. The molecule has 2 rings (SSSR count). The fraction of sp³-hybridized carbons (Fsp3) is 0.632. The highest BCUT2D eigenvalue weighted by atomic mass is 16.5. The van der Waals surface area contributed by atoms with Gasteiger partial charge in [0.05, 0.1) is 19.8 Å². The summed E-state index contributed by atoms with van der Waals surface area (Å²) in [5.41, 5.74) is 0. The Labute approximate surface area is 151 Å². The zero-order chi connectivity index (χ0) is 17.7. The summed E-state index contributed by atoms with van der Waals surface area (Å²) in [6, 6.07) is 9.94. The van der Waals surface area contributed by atoms with E-state index in [4.69, 9.17) is 9.47 Å². The summed E-state index contributed by atoms with van der Waals surface area (Å²) in [4.78, 5) is 7.10. The molecule has 1 unspecified atom stereocenters. The van der Waals surface area contributed by atoms with Crippen LogP contribution in [0.3, 0.4) is 0 Å². The number of para-hydroxylation sites is 1. The first-order valence-corrected chi connectivity index (χ1v) is 9.35. The maximum Gasteiger partial charge on any atom is 0.191 e. The molecule has 1 aromatic rings. The Morgan fingerprint density at radius 3 is 2.64 bits per heavy atom. The average Bonchev–Trinajstić information content (AvgIpc) is 2.66. The molecule has 25 heavy (non-hydrogen) atoms. The molecule has 1 saturated heterocycles. The maximum absolute atomic E-state index is 6.01. The van der Waals surface area contributed by atoms with Crippen LogP contribution in [-0.4, -0.2) is 69.4 Å². The summed E-state index contributed by atoms with van der Waals surface area (Å²) in [6.45, 7) is 11.3. The number of morpholine rings is 1. The molecule has 140 valence electrons. The summed E-state index contributed by atoms with van der Waals surface area (Å²) in [5.74, 6) is 1.75. The van der Waals surface area contributed by atoms with E-state index in [2.05, 4.69) is 34.4 Å². The zero-order valence-electron chi connectivity index (χ0n) is 15.5. The van der Waals surface area contributed by atoms with Gasteiger partial charge in [-0.3, -0.25) is 4.90 Å². The Morgan fingerprint density at radius 2 is 1.96 bits per heavy atom. The standard InChI is InChI=1S/C19H32N4O2/c1-3-17(25-18-8-6-5-7-9-18)16-22-19(20-4-2)21-10-11-23-12-14-24-15-13-23/h5-9,17H,3-4,10-16H2,1-2H3,(H2,20,21,22). The van der Waals surface area contributed by atoms with Gasteiger partial charge < -0.3 is 20.1 Å². The van der Waals surface area contributed by atoms with Gasteiger partial charge in [-0.15, -0.1) is 0 Å².